The zero-order chi connectivity index (χ0) is 16.9. The number of hydrogen-bond acceptors (Lipinski definition) is 4. The van der Waals surface area contributed by atoms with Crippen LogP contribution in [0.1, 0.15) is 17.0 Å². The molecule has 2 aromatic carbocycles. The summed E-state index contributed by atoms with van der Waals surface area (Å²) in [6.07, 6.45) is 0.980. The molecule has 0 amide bonds. The van der Waals surface area contributed by atoms with E-state index in [4.69, 9.17) is 4.74 Å². The van der Waals surface area contributed by atoms with Crippen LogP contribution < -0.4 is 4.74 Å². The molecule has 3 rings (SSSR count). The van der Waals surface area contributed by atoms with Crippen LogP contribution in [-0.4, -0.2) is 27.6 Å². The van der Waals surface area contributed by atoms with Gasteiger partial charge in [0, 0.05) is 5.75 Å². The Bertz CT molecular complexity index is 812. The van der Waals surface area contributed by atoms with E-state index in [9.17, 15) is 0 Å². The lowest BCUT2D eigenvalue weighted by Gasteiger charge is -2.11. The van der Waals surface area contributed by atoms with Crippen molar-refractivity contribution in [2.75, 3.05) is 12.9 Å². The van der Waals surface area contributed by atoms with Crippen LogP contribution in [0.5, 0.6) is 5.75 Å². The van der Waals surface area contributed by atoms with Crippen LogP contribution in [0.4, 0.5) is 0 Å². The highest BCUT2D eigenvalue weighted by Crippen LogP contribution is 2.24. The highest BCUT2D eigenvalue weighted by atomic mass is 32.2. The van der Waals surface area contributed by atoms with Gasteiger partial charge in [-0.15, -0.1) is 10.2 Å². The maximum Gasteiger partial charge on any atom is 0.195 e. The fourth-order valence-corrected chi connectivity index (χ4v) is 3.56. The van der Waals surface area contributed by atoms with Crippen molar-refractivity contribution in [1.82, 2.24) is 14.8 Å². The predicted molar refractivity (Wildman–Crippen MR) is 98.3 cm³/mol. The summed E-state index contributed by atoms with van der Waals surface area (Å²) in [5.74, 6) is 2.76. The Labute approximate surface area is 146 Å². The fourth-order valence-electron chi connectivity index (χ4n) is 2.58. The molecular weight excluding hydrogens is 318 g/mol. The summed E-state index contributed by atoms with van der Waals surface area (Å²) in [5.41, 5.74) is 3.66. The Morgan fingerprint density at radius 3 is 2.46 bits per heavy atom. The van der Waals surface area contributed by atoms with E-state index in [1.165, 1.54) is 11.1 Å². The quantitative estimate of drug-likeness (QED) is 0.630. The molecule has 0 aliphatic heterocycles. The number of aryl methyl sites for hydroxylation is 3. The number of para-hydroxylation sites is 1. The molecule has 24 heavy (non-hydrogen) atoms. The SMILES string of the molecule is COc1ccc(CCSc2nnc(C)n2-c2ccccc2C)cc1. The highest BCUT2D eigenvalue weighted by molar-refractivity contribution is 7.99. The van der Waals surface area contributed by atoms with Gasteiger partial charge in [0.25, 0.3) is 0 Å². The Balaban J connectivity index is 1.71. The molecule has 0 saturated heterocycles. The van der Waals surface area contributed by atoms with Crippen molar-refractivity contribution in [1.29, 1.82) is 0 Å². The second-order valence-electron chi connectivity index (χ2n) is 5.60. The van der Waals surface area contributed by atoms with E-state index in [0.717, 1.165) is 34.6 Å². The molecule has 0 N–H and O–H groups in total. The van der Waals surface area contributed by atoms with Crippen molar-refractivity contribution >= 4 is 11.8 Å². The molecule has 1 heterocycles. The molecule has 1 aromatic heterocycles. The van der Waals surface area contributed by atoms with Crippen molar-refractivity contribution < 1.29 is 4.74 Å². The Morgan fingerprint density at radius 1 is 1.00 bits per heavy atom. The molecule has 124 valence electrons. The normalized spacial score (nSPS) is 10.8. The Kier molecular flexibility index (Phi) is 5.20. The van der Waals surface area contributed by atoms with E-state index in [-0.39, 0.29) is 0 Å². The summed E-state index contributed by atoms with van der Waals surface area (Å²) >= 11 is 1.73. The van der Waals surface area contributed by atoms with Crippen LogP contribution >= 0.6 is 11.8 Å². The van der Waals surface area contributed by atoms with E-state index in [1.54, 1.807) is 18.9 Å². The molecule has 0 saturated carbocycles. The number of nitrogens with zero attached hydrogens (tertiary/aromatic N) is 3. The molecule has 0 fully saturated rings. The van der Waals surface area contributed by atoms with E-state index in [0.29, 0.717) is 0 Å². The van der Waals surface area contributed by atoms with Gasteiger partial charge in [0.05, 0.1) is 12.8 Å². The molecule has 0 spiro atoms. The maximum absolute atomic E-state index is 5.19. The van der Waals surface area contributed by atoms with Gasteiger partial charge in [-0.25, -0.2) is 0 Å². The minimum Gasteiger partial charge on any atom is -0.497 e. The Morgan fingerprint density at radius 2 is 1.75 bits per heavy atom. The maximum atomic E-state index is 5.19. The third-order valence-electron chi connectivity index (χ3n) is 3.93. The number of rotatable bonds is 6. The molecular formula is C19H21N3OS. The molecule has 3 aromatic rings. The first-order chi connectivity index (χ1) is 11.7. The van der Waals surface area contributed by atoms with Gasteiger partial charge >= 0.3 is 0 Å². The standard InChI is InChI=1S/C19H21N3OS/c1-14-6-4-5-7-18(14)22-15(2)20-21-19(22)24-13-12-16-8-10-17(23-3)11-9-16/h4-11H,12-13H2,1-3H3. The monoisotopic (exact) mass is 339 g/mol. The predicted octanol–water partition coefficient (Wildman–Crippen LogP) is 4.23. The van der Waals surface area contributed by atoms with Gasteiger partial charge in [-0.2, -0.15) is 0 Å². The molecule has 0 unspecified atom stereocenters. The smallest absolute Gasteiger partial charge is 0.195 e. The summed E-state index contributed by atoms with van der Waals surface area (Å²) in [6.45, 7) is 4.10. The van der Waals surface area contributed by atoms with Crippen LogP contribution in [-0.2, 0) is 6.42 Å². The number of hydrogen-bond donors (Lipinski definition) is 0. The summed E-state index contributed by atoms with van der Waals surface area (Å²) in [6, 6.07) is 16.5. The zero-order valence-electron chi connectivity index (χ0n) is 14.2. The average Bonchev–Trinajstić information content (AvgIpc) is 2.97. The first-order valence-electron chi connectivity index (χ1n) is 7.93. The number of aromatic nitrogens is 3. The molecule has 0 atom stereocenters. The van der Waals surface area contributed by atoms with Gasteiger partial charge < -0.3 is 4.74 Å². The molecule has 5 heteroatoms. The van der Waals surface area contributed by atoms with E-state index >= 15 is 0 Å². The molecule has 0 bridgehead atoms. The van der Waals surface area contributed by atoms with Gasteiger partial charge in [0.2, 0.25) is 0 Å². The van der Waals surface area contributed by atoms with Crippen LogP contribution in [0.2, 0.25) is 0 Å². The lowest BCUT2D eigenvalue weighted by Crippen LogP contribution is -2.02. The fraction of sp³-hybridized carbons (Fsp3) is 0.263. The highest BCUT2D eigenvalue weighted by Gasteiger charge is 2.12. The van der Waals surface area contributed by atoms with Crippen LogP contribution in [0, 0.1) is 13.8 Å². The lowest BCUT2D eigenvalue weighted by atomic mass is 10.2. The topological polar surface area (TPSA) is 39.9 Å². The summed E-state index contributed by atoms with van der Waals surface area (Å²) < 4.78 is 7.33. The Hall–Kier alpha value is -2.27. The van der Waals surface area contributed by atoms with Crippen molar-refractivity contribution in [3.63, 3.8) is 0 Å². The molecule has 0 radical (unpaired) electrons. The average molecular weight is 339 g/mol. The van der Waals surface area contributed by atoms with Crippen molar-refractivity contribution in [3.8, 4) is 11.4 Å². The van der Waals surface area contributed by atoms with E-state index in [1.807, 2.05) is 25.1 Å². The number of ether oxygens (including phenoxy) is 1. The van der Waals surface area contributed by atoms with Crippen molar-refractivity contribution in [2.24, 2.45) is 0 Å². The first-order valence-corrected chi connectivity index (χ1v) is 8.91. The van der Waals surface area contributed by atoms with Gasteiger partial charge in [0.1, 0.15) is 11.6 Å². The number of thioether (sulfide) groups is 1. The minimum absolute atomic E-state index is 0.890. The van der Waals surface area contributed by atoms with Crippen LogP contribution in [0.15, 0.2) is 53.7 Å². The van der Waals surface area contributed by atoms with Gasteiger partial charge in [0.15, 0.2) is 5.16 Å². The van der Waals surface area contributed by atoms with Crippen LogP contribution in [0.3, 0.4) is 0 Å². The van der Waals surface area contributed by atoms with E-state index < -0.39 is 0 Å². The van der Waals surface area contributed by atoms with Gasteiger partial charge in [-0.1, -0.05) is 42.1 Å². The van der Waals surface area contributed by atoms with Gasteiger partial charge in [-0.05, 0) is 49.6 Å². The molecule has 0 aliphatic rings. The number of benzene rings is 2. The van der Waals surface area contributed by atoms with Crippen molar-refractivity contribution in [3.05, 3.63) is 65.5 Å². The largest absolute Gasteiger partial charge is 0.497 e. The summed E-state index contributed by atoms with van der Waals surface area (Å²) in [5, 5.41) is 9.55. The second-order valence-corrected chi connectivity index (χ2v) is 6.66. The summed E-state index contributed by atoms with van der Waals surface area (Å²) in [4.78, 5) is 0. The third-order valence-corrected chi connectivity index (χ3v) is 4.86. The lowest BCUT2D eigenvalue weighted by molar-refractivity contribution is 0.414. The zero-order valence-corrected chi connectivity index (χ0v) is 15.0. The third kappa shape index (κ3) is 3.62. The van der Waals surface area contributed by atoms with Gasteiger partial charge in [-0.3, -0.25) is 4.57 Å². The van der Waals surface area contributed by atoms with Crippen molar-refractivity contribution in [2.45, 2.75) is 25.4 Å². The number of methoxy groups -OCH3 is 1. The molecule has 0 aliphatic carbocycles. The van der Waals surface area contributed by atoms with E-state index in [2.05, 4.69) is 52.0 Å². The van der Waals surface area contributed by atoms with Crippen LogP contribution in [0.25, 0.3) is 5.69 Å². The first kappa shape index (κ1) is 16.6. The molecule has 4 nitrogen and oxygen atoms in total. The minimum atomic E-state index is 0.890. The summed E-state index contributed by atoms with van der Waals surface area (Å²) in [7, 11) is 1.69. The second kappa shape index (κ2) is 7.53.